The van der Waals surface area contributed by atoms with Crippen LogP contribution in [0.5, 0.6) is 0 Å². The van der Waals surface area contributed by atoms with Crippen LogP contribution in [-0.2, 0) is 9.59 Å². The summed E-state index contributed by atoms with van der Waals surface area (Å²) in [5, 5.41) is 15.0. The fourth-order valence-corrected chi connectivity index (χ4v) is 2.68. The maximum absolute atomic E-state index is 11.7. The third kappa shape index (κ3) is 6.05. The van der Waals surface area contributed by atoms with E-state index >= 15 is 0 Å². The minimum atomic E-state index is -0.767. The quantitative estimate of drug-likeness (QED) is 0.655. The monoisotopic (exact) mass is 270 g/mol. The normalized spacial score (nSPS) is 18.3. The highest BCUT2D eigenvalue weighted by Crippen LogP contribution is 2.38. The van der Waals surface area contributed by atoms with Crippen LogP contribution in [0.15, 0.2) is 0 Å². The number of aliphatic carboxylic acids is 1. The second-order valence-electron chi connectivity index (χ2n) is 5.94. The van der Waals surface area contributed by atoms with Gasteiger partial charge in [0.05, 0.1) is 13.0 Å². The van der Waals surface area contributed by atoms with E-state index in [4.69, 9.17) is 5.11 Å². The number of rotatable bonds is 7. The number of carbonyl (C=O) groups excluding carboxylic acids is 1. The van der Waals surface area contributed by atoms with E-state index in [0.29, 0.717) is 13.1 Å². The van der Waals surface area contributed by atoms with Crippen molar-refractivity contribution in [2.75, 3.05) is 13.1 Å². The molecule has 1 aliphatic carbocycles. The number of amides is 1. The molecule has 1 saturated carbocycles. The van der Waals surface area contributed by atoms with Crippen molar-refractivity contribution in [3.05, 3.63) is 0 Å². The van der Waals surface area contributed by atoms with Crippen molar-refractivity contribution in [2.24, 2.45) is 5.41 Å². The molecular formula is C14H26N2O3. The maximum atomic E-state index is 11.7. The van der Waals surface area contributed by atoms with Crippen LogP contribution in [0.2, 0.25) is 0 Å². The number of nitrogens with one attached hydrogen (secondary N) is 2. The third-order valence-electron chi connectivity index (χ3n) is 3.77. The number of hydrogen-bond donors (Lipinski definition) is 3. The van der Waals surface area contributed by atoms with Gasteiger partial charge in [-0.25, -0.2) is 0 Å². The molecule has 0 heterocycles. The molecule has 5 heteroatoms. The van der Waals surface area contributed by atoms with Gasteiger partial charge in [0, 0.05) is 12.6 Å². The average Bonchev–Trinajstić information content (AvgIpc) is 2.34. The zero-order chi connectivity index (χ0) is 14.3. The molecule has 3 N–H and O–H groups in total. The largest absolute Gasteiger partial charge is 0.481 e. The smallest absolute Gasteiger partial charge is 0.303 e. The Labute approximate surface area is 115 Å². The molecule has 5 nitrogen and oxygen atoms in total. The van der Waals surface area contributed by atoms with Gasteiger partial charge in [-0.05, 0) is 18.3 Å². The number of carboxylic acid groups (broad SMARTS) is 1. The molecule has 0 aromatic rings. The van der Waals surface area contributed by atoms with Gasteiger partial charge in [0.1, 0.15) is 0 Å². The van der Waals surface area contributed by atoms with Gasteiger partial charge in [-0.15, -0.1) is 0 Å². The van der Waals surface area contributed by atoms with Crippen LogP contribution in [-0.4, -0.2) is 36.1 Å². The third-order valence-corrected chi connectivity index (χ3v) is 3.77. The van der Waals surface area contributed by atoms with Gasteiger partial charge in [-0.3, -0.25) is 9.59 Å². The zero-order valence-corrected chi connectivity index (χ0v) is 12.0. The van der Waals surface area contributed by atoms with Crippen molar-refractivity contribution in [1.82, 2.24) is 10.6 Å². The first kappa shape index (κ1) is 16.0. The van der Waals surface area contributed by atoms with Crippen LogP contribution >= 0.6 is 0 Å². The van der Waals surface area contributed by atoms with E-state index < -0.39 is 5.97 Å². The van der Waals surface area contributed by atoms with Crippen LogP contribution in [0, 0.1) is 5.41 Å². The van der Waals surface area contributed by atoms with Crippen LogP contribution < -0.4 is 10.6 Å². The van der Waals surface area contributed by atoms with Crippen molar-refractivity contribution in [3.8, 4) is 0 Å². The molecule has 0 unspecified atom stereocenters. The number of hydrogen-bond acceptors (Lipinski definition) is 3. The van der Waals surface area contributed by atoms with Gasteiger partial charge in [0.25, 0.3) is 0 Å². The highest BCUT2D eigenvalue weighted by molar-refractivity contribution is 5.78. The molecule has 0 aromatic heterocycles. The molecule has 110 valence electrons. The second kappa shape index (κ2) is 7.48. The molecule has 1 amide bonds. The first-order chi connectivity index (χ1) is 8.93. The minimum Gasteiger partial charge on any atom is -0.481 e. The van der Waals surface area contributed by atoms with E-state index in [9.17, 15) is 9.59 Å². The lowest BCUT2D eigenvalue weighted by Gasteiger charge is -2.36. The molecular weight excluding hydrogens is 244 g/mol. The topological polar surface area (TPSA) is 78.4 Å². The highest BCUT2D eigenvalue weighted by atomic mass is 16.4. The predicted octanol–water partition coefficient (Wildman–Crippen LogP) is 1.53. The molecule has 1 rings (SSSR count). The first-order valence-corrected chi connectivity index (χ1v) is 7.15. The Hall–Kier alpha value is -1.10. The molecule has 1 aliphatic rings. The van der Waals surface area contributed by atoms with E-state index in [1.54, 1.807) is 0 Å². The standard InChI is InChI=1S/C14H26N2O3/c1-11(2)15-9-12(17)16-10-14(8-13(18)19)6-4-3-5-7-14/h11,15H,3-10H2,1-2H3,(H,16,17)(H,18,19). The Morgan fingerprint density at radius 3 is 2.37 bits per heavy atom. The second-order valence-corrected chi connectivity index (χ2v) is 5.94. The van der Waals surface area contributed by atoms with Crippen molar-refractivity contribution in [3.63, 3.8) is 0 Å². The SMILES string of the molecule is CC(C)NCC(=O)NCC1(CC(=O)O)CCCCC1. The molecule has 0 radical (unpaired) electrons. The molecule has 0 atom stereocenters. The van der Waals surface area contributed by atoms with Crippen LogP contribution in [0.25, 0.3) is 0 Å². The summed E-state index contributed by atoms with van der Waals surface area (Å²) >= 11 is 0. The maximum Gasteiger partial charge on any atom is 0.303 e. The number of carboxylic acids is 1. The van der Waals surface area contributed by atoms with Crippen molar-refractivity contribution < 1.29 is 14.7 Å². The summed E-state index contributed by atoms with van der Waals surface area (Å²) in [5.41, 5.74) is -0.239. The van der Waals surface area contributed by atoms with Gasteiger partial charge in [-0.1, -0.05) is 33.1 Å². The van der Waals surface area contributed by atoms with E-state index in [1.807, 2.05) is 13.8 Å². The van der Waals surface area contributed by atoms with Gasteiger partial charge < -0.3 is 15.7 Å². The lowest BCUT2D eigenvalue weighted by molar-refractivity contribution is -0.140. The summed E-state index contributed by atoms with van der Waals surface area (Å²) in [7, 11) is 0. The van der Waals surface area contributed by atoms with Gasteiger partial charge in [0.15, 0.2) is 0 Å². The van der Waals surface area contributed by atoms with E-state index in [-0.39, 0.29) is 23.8 Å². The van der Waals surface area contributed by atoms with E-state index in [1.165, 1.54) is 6.42 Å². The Balaban J connectivity index is 2.44. The molecule has 0 aliphatic heterocycles. The predicted molar refractivity (Wildman–Crippen MR) is 73.9 cm³/mol. The van der Waals surface area contributed by atoms with Gasteiger partial charge >= 0.3 is 5.97 Å². The fraction of sp³-hybridized carbons (Fsp3) is 0.857. The average molecular weight is 270 g/mol. The van der Waals surface area contributed by atoms with E-state index in [2.05, 4.69) is 10.6 Å². The Bertz CT molecular complexity index is 310. The summed E-state index contributed by atoms with van der Waals surface area (Å²) in [5.74, 6) is -0.819. The molecule has 1 fully saturated rings. The summed E-state index contributed by atoms with van der Waals surface area (Å²) < 4.78 is 0. The Morgan fingerprint density at radius 1 is 1.21 bits per heavy atom. The van der Waals surface area contributed by atoms with Crippen molar-refractivity contribution >= 4 is 11.9 Å². The molecule has 0 aromatic carbocycles. The van der Waals surface area contributed by atoms with Gasteiger partial charge in [-0.2, -0.15) is 0 Å². The van der Waals surface area contributed by atoms with E-state index in [0.717, 1.165) is 25.7 Å². The molecule has 0 bridgehead atoms. The summed E-state index contributed by atoms with van der Waals surface area (Å²) in [6.07, 6.45) is 5.25. The first-order valence-electron chi connectivity index (χ1n) is 7.15. The Kier molecular flexibility index (Phi) is 6.28. The summed E-state index contributed by atoms with van der Waals surface area (Å²) in [4.78, 5) is 22.7. The van der Waals surface area contributed by atoms with Crippen molar-refractivity contribution in [2.45, 2.75) is 58.4 Å². The van der Waals surface area contributed by atoms with Crippen LogP contribution in [0.4, 0.5) is 0 Å². The lowest BCUT2D eigenvalue weighted by Crippen LogP contribution is -2.44. The summed E-state index contributed by atoms with van der Waals surface area (Å²) in [6, 6.07) is 0.272. The Morgan fingerprint density at radius 2 is 1.84 bits per heavy atom. The zero-order valence-electron chi connectivity index (χ0n) is 12.0. The highest BCUT2D eigenvalue weighted by Gasteiger charge is 2.34. The van der Waals surface area contributed by atoms with Crippen LogP contribution in [0.3, 0.4) is 0 Å². The number of carbonyl (C=O) groups is 2. The van der Waals surface area contributed by atoms with Gasteiger partial charge in [0.2, 0.25) is 5.91 Å². The lowest BCUT2D eigenvalue weighted by atomic mass is 9.71. The fourth-order valence-electron chi connectivity index (χ4n) is 2.68. The molecule has 0 saturated heterocycles. The summed E-state index contributed by atoms with van der Waals surface area (Å²) in [6.45, 7) is 4.75. The van der Waals surface area contributed by atoms with Crippen LogP contribution in [0.1, 0.15) is 52.4 Å². The molecule has 19 heavy (non-hydrogen) atoms. The minimum absolute atomic E-state index is 0.0518. The van der Waals surface area contributed by atoms with Crippen molar-refractivity contribution in [1.29, 1.82) is 0 Å². The molecule has 0 spiro atoms.